The molecule has 1 aliphatic rings. The molecule has 24 heavy (non-hydrogen) atoms. The fourth-order valence-corrected chi connectivity index (χ4v) is 3.28. The average molecular weight is 320 g/mol. The van der Waals surface area contributed by atoms with Crippen LogP contribution < -0.4 is 0 Å². The molecule has 0 unspecified atom stereocenters. The number of nitrogens with zero attached hydrogens (tertiary/aromatic N) is 4. The first-order chi connectivity index (χ1) is 11.6. The van der Waals surface area contributed by atoms with E-state index in [2.05, 4.69) is 48.4 Å². The van der Waals surface area contributed by atoms with E-state index in [9.17, 15) is 4.79 Å². The van der Waals surface area contributed by atoms with Crippen LogP contribution in [0.3, 0.4) is 0 Å². The number of amides is 1. The Bertz CT molecular complexity index is 928. The molecule has 2 heterocycles. The van der Waals surface area contributed by atoms with Gasteiger partial charge in [-0.05, 0) is 54.7 Å². The predicted octanol–water partition coefficient (Wildman–Crippen LogP) is 2.63. The Kier molecular flexibility index (Phi) is 3.56. The van der Waals surface area contributed by atoms with Crippen molar-refractivity contribution in [3.8, 4) is 0 Å². The molecule has 4 rings (SSSR count). The van der Waals surface area contributed by atoms with Gasteiger partial charge in [-0.1, -0.05) is 29.5 Å². The molecular weight excluding hydrogens is 300 g/mol. The van der Waals surface area contributed by atoms with E-state index in [0.717, 1.165) is 24.0 Å². The van der Waals surface area contributed by atoms with Gasteiger partial charge in [-0.25, -0.2) is 4.68 Å². The highest BCUT2D eigenvalue weighted by atomic mass is 16.2. The highest BCUT2D eigenvalue weighted by molar-refractivity contribution is 5.81. The van der Waals surface area contributed by atoms with Crippen LogP contribution in [-0.2, 0) is 24.3 Å². The van der Waals surface area contributed by atoms with Crippen molar-refractivity contribution >= 4 is 16.9 Å². The zero-order chi connectivity index (χ0) is 16.7. The Balaban J connectivity index is 1.56. The molecule has 0 aliphatic carbocycles. The molecule has 0 bridgehead atoms. The molecule has 5 nitrogen and oxygen atoms in total. The number of rotatable bonds is 2. The lowest BCUT2D eigenvalue weighted by molar-refractivity contribution is -0.132. The summed E-state index contributed by atoms with van der Waals surface area (Å²) in [6, 6.07) is 12.4. The third kappa shape index (κ3) is 2.56. The van der Waals surface area contributed by atoms with E-state index in [0.29, 0.717) is 6.54 Å². The van der Waals surface area contributed by atoms with Crippen molar-refractivity contribution in [3.05, 3.63) is 58.7 Å². The van der Waals surface area contributed by atoms with Gasteiger partial charge in [-0.3, -0.25) is 4.79 Å². The van der Waals surface area contributed by atoms with Gasteiger partial charge < -0.3 is 4.90 Å². The first kappa shape index (κ1) is 14.9. The maximum atomic E-state index is 12.7. The second kappa shape index (κ2) is 5.74. The first-order valence-corrected chi connectivity index (χ1v) is 8.27. The van der Waals surface area contributed by atoms with Crippen LogP contribution in [-0.4, -0.2) is 32.3 Å². The van der Waals surface area contributed by atoms with Crippen LogP contribution in [0.2, 0.25) is 0 Å². The zero-order valence-corrected chi connectivity index (χ0v) is 14.0. The monoisotopic (exact) mass is 320 g/mol. The second-order valence-electron chi connectivity index (χ2n) is 6.51. The number of carbonyl (C=O) groups excluding carboxylic acids is 1. The molecule has 2 aromatic carbocycles. The summed E-state index contributed by atoms with van der Waals surface area (Å²) in [5, 5.41) is 8.37. The fourth-order valence-electron chi connectivity index (χ4n) is 3.28. The Morgan fingerprint density at radius 2 is 1.88 bits per heavy atom. The lowest BCUT2D eigenvalue weighted by atomic mass is 10.00. The van der Waals surface area contributed by atoms with Crippen molar-refractivity contribution in [3.63, 3.8) is 0 Å². The number of hydrogen-bond donors (Lipinski definition) is 0. The lowest BCUT2D eigenvalue weighted by Crippen LogP contribution is -2.38. The first-order valence-electron chi connectivity index (χ1n) is 8.27. The van der Waals surface area contributed by atoms with Crippen molar-refractivity contribution in [1.29, 1.82) is 0 Å². The quantitative estimate of drug-likeness (QED) is 0.729. The van der Waals surface area contributed by atoms with E-state index in [4.69, 9.17) is 0 Å². The minimum absolute atomic E-state index is 0.0922. The largest absolute Gasteiger partial charge is 0.336 e. The minimum Gasteiger partial charge on any atom is -0.336 e. The van der Waals surface area contributed by atoms with Crippen LogP contribution in [0.1, 0.15) is 22.3 Å². The summed E-state index contributed by atoms with van der Waals surface area (Å²) in [6.07, 6.45) is 0.915. The van der Waals surface area contributed by atoms with E-state index >= 15 is 0 Å². The van der Waals surface area contributed by atoms with Gasteiger partial charge in [0.15, 0.2) is 0 Å². The van der Waals surface area contributed by atoms with Gasteiger partial charge in [0.25, 0.3) is 0 Å². The summed E-state index contributed by atoms with van der Waals surface area (Å²) in [5.74, 6) is 0.0922. The molecule has 0 N–H and O–H groups in total. The lowest BCUT2D eigenvalue weighted by Gasteiger charge is -2.28. The summed E-state index contributed by atoms with van der Waals surface area (Å²) >= 11 is 0. The normalized spacial score (nSPS) is 14.0. The SMILES string of the molecule is Cc1cc2nnn(CC(=O)N3CCc4ccccc4C3)c2cc1C. The Morgan fingerprint density at radius 3 is 2.71 bits per heavy atom. The number of hydrogen-bond acceptors (Lipinski definition) is 3. The van der Waals surface area contributed by atoms with Gasteiger partial charge in [0.2, 0.25) is 5.91 Å². The van der Waals surface area contributed by atoms with Crippen LogP contribution in [0, 0.1) is 13.8 Å². The zero-order valence-electron chi connectivity index (χ0n) is 14.0. The molecule has 5 heteroatoms. The standard InChI is InChI=1S/C19H20N4O/c1-13-9-17-18(10-14(13)2)23(21-20-17)12-19(24)22-8-7-15-5-3-4-6-16(15)11-22/h3-6,9-10H,7-8,11-12H2,1-2H3. The molecule has 0 radical (unpaired) electrons. The van der Waals surface area contributed by atoms with Gasteiger partial charge in [0.1, 0.15) is 12.1 Å². The van der Waals surface area contributed by atoms with Gasteiger partial charge in [-0.15, -0.1) is 5.10 Å². The molecule has 1 aromatic heterocycles. The Hall–Kier alpha value is -2.69. The van der Waals surface area contributed by atoms with Gasteiger partial charge in [-0.2, -0.15) is 0 Å². The maximum absolute atomic E-state index is 12.7. The summed E-state index contributed by atoms with van der Waals surface area (Å²) in [7, 11) is 0. The van der Waals surface area contributed by atoms with E-state index < -0.39 is 0 Å². The smallest absolute Gasteiger partial charge is 0.244 e. The minimum atomic E-state index is 0.0922. The van der Waals surface area contributed by atoms with Crippen molar-refractivity contribution in [1.82, 2.24) is 19.9 Å². The molecule has 0 saturated heterocycles. The summed E-state index contributed by atoms with van der Waals surface area (Å²) in [5.41, 5.74) is 6.73. The number of aromatic nitrogens is 3. The number of fused-ring (bicyclic) bond motifs is 2. The van der Waals surface area contributed by atoms with Crippen LogP contribution in [0.4, 0.5) is 0 Å². The van der Waals surface area contributed by atoms with Crippen LogP contribution in [0.25, 0.3) is 11.0 Å². The highest BCUT2D eigenvalue weighted by Crippen LogP contribution is 2.20. The molecule has 1 aliphatic heterocycles. The van der Waals surface area contributed by atoms with Crippen LogP contribution in [0.15, 0.2) is 36.4 Å². The molecule has 0 saturated carbocycles. The molecular formula is C19H20N4O. The average Bonchev–Trinajstić information content (AvgIpc) is 2.96. The van der Waals surface area contributed by atoms with Crippen LogP contribution in [0.5, 0.6) is 0 Å². The summed E-state index contributed by atoms with van der Waals surface area (Å²) in [6.45, 7) is 5.81. The van der Waals surface area contributed by atoms with Crippen molar-refractivity contribution in [2.75, 3.05) is 6.54 Å². The molecule has 1 amide bonds. The third-order valence-electron chi connectivity index (χ3n) is 4.90. The molecule has 0 spiro atoms. The number of aryl methyl sites for hydroxylation is 2. The van der Waals surface area contributed by atoms with E-state index in [1.54, 1.807) is 4.68 Å². The Labute approximate surface area is 140 Å². The van der Waals surface area contributed by atoms with Gasteiger partial charge in [0, 0.05) is 13.1 Å². The summed E-state index contributed by atoms with van der Waals surface area (Å²) in [4.78, 5) is 14.6. The van der Waals surface area contributed by atoms with Crippen LogP contribution >= 0.6 is 0 Å². The van der Waals surface area contributed by atoms with Crippen molar-refractivity contribution in [2.24, 2.45) is 0 Å². The van der Waals surface area contributed by atoms with Crippen molar-refractivity contribution in [2.45, 2.75) is 33.4 Å². The van der Waals surface area contributed by atoms with E-state index in [1.807, 2.05) is 17.0 Å². The summed E-state index contributed by atoms with van der Waals surface area (Å²) < 4.78 is 1.71. The molecule has 0 atom stereocenters. The maximum Gasteiger partial charge on any atom is 0.244 e. The Morgan fingerprint density at radius 1 is 1.12 bits per heavy atom. The van der Waals surface area contributed by atoms with Crippen molar-refractivity contribution < 1.29 is 4.79 Å². The predicted molar refractivity (Wildman–Crippen MR) is 92.6 cm³/mol. The number of benzene rings is 2. The molecule has 122 valence electrons. The van der Waals surface area contributed by atoms with E-state index in [-0.39, 0.29) is 12.5 Å². The number of carbonyl (C=O) groups is 1. The van der Waals surface area contributed by atoms with E-state index in [1.165, 1.54) is 22.3 Å². The topological polar surface area (TPSA) is 51.0 Å². The molecule has 0 fully saturated rings. The third-order valence-corrected chi connectivity index (χ3v) is 4.90. The second-order valence-corrected chi connectivity index (χ2v) is 6.51. The fraction of sp³-hybridized carbons (Fsp3) is 0.316. The highest BCUT2D eigenvalue weighted by Gasteiger charge is 2.21. The molecule has 3 aromatic rings. The van der Waals surface area contributed by atoms with Gasteiger partial charge in [0.05, 0.1) is 5.52 Å². The van der Waals surface area contributed by atoms with Gasteiger partial charge >= 0.3 is 0 Å².